The molecule has 4 aliphatic rings. The van der Waals surface area contributed by atoms with Crippen LogP contribution in [0.4, 0.5) is 5.69 Å². The van der Waals surface area contributed by atoms with Gasteiger partial charge in [-0.2, -0.15) is 0 Å². The maximum atomic E-state index is 3.56. The van der Waals surface area contributed by atoms with Crippen LogP contribution in [0.15, 0.2) is 54.1 Å². The molecule has 0 bridgehead atoms. The van der Waals surface area contributed by atoms with Crippen LogP contribution in [-0.4, -0.2) is 50.2 Å². The van der Waals surface area contributed by atoms with Gasteiger partial charge in [-0.1, -0.05) is 36.4 Å². The number of benzene rings is 1. The molecule has 24 heavy (non-hydrogen) atoms. The molecule has 1 saturated carbocycles. The van der Waals surface area contributed by atoms with Crippen molar-refractivity contribution in [2.75, 3.05) is 44.2 Å². The third kappa shape index (κ3) is 2.42. The van der Waals surface area contributed by atoms with Crippen LogP contribution < -0.4 is 10.2 Å². The summed E-state index contributed by atoms with van der Waals surface area (Å²) < 4.78 is 0. The molecular formula is C21H27N3. The van der Waals surface area contributed by atoms with E-state index >= 15 is 0 Å². The Morgan fingerprint density at radius 2 is 1.88 bits per heavy atom. The average molecular weight is 321 g/mol. The Kier molecular flexibility index (Phi) is 3.53. The van der Waals surface area contributed by atoms with E-state index in [4.69, 9.17) is 0 Å². The number of allylic oxidation sites excluding steroid dienone is 1. The van der Waals surface area contributed by atoms with Gasteiger partial charge in [0.25, 0.3) is 0 Å². The quantitative estimate of drug-likeness (QED) is 0.923. The monoisotopic (exact) mass is 321 g/mol. The Morgan fingerprint density at radius 3 is 2.50 bits per heavy atom. The molecule has 0 aromatic heterocycles. The summed E-state index contributed by atoms with van der Waals surface area (Å²) in [7, 11) is 0. The summed E-state index contributed by atoms with van der Waals surface area (Å²) in [5, 5.41) is 3.56. The van der Waals surface area contributed by atoms with Crippen LogP contribution in [-0.2, 0) is 0 Å². The number of nitrogens with one attached hydrogen (secondary N) is 1. The van der Waals surface area contributed by atoms with Gasteiger partial charge in [-0.15, -0.1) is 0 Å². The molecule has 2 aliphatic heterocycles. The number of hydrogen-bond donors (Lipinski definition) is 1. The molecule has 0 spiro atoms. The average Bonchev–Trinajstić information content (AvgIpc) is 3.23. The first kappa shape index (κ1) is 14.7. The summed E-state index contributed by atoms with van der Waals surface area (Å²) in [6, 6.07) is 11.4. The normalized spacial score (nSPS) is 35.7. The van der Waals surface area contributed by atoms with Gasteiger partial charge in [0.2, 0.25) is 0 Å². The molecular weight excluding hydrogens is 294 g/mol. The highest BCUT2D eigenvalue weighted by molar-refractivity contribution is 5.46. The van der Waals surface area contributed by atoms with Crippen molar-refractivity contribution in [3.63, 3.8) is 0 Å². The summed E-state index contributed by atoms with van der Waals surface area (Å²) >= 11 is 0. The molecule has 126 valence electrons. The molecule has 1 aromatic rings. The van der Waals surface area contributed by atoms with Crippen LogP contribution in [0.2, 0.25) is 0 Å². The van der Waals surface area contributed by atoms with Crippen molar-refractivity contribution >= 4 is 5.69 Å². The number of piperazine rings is 1. The lowest BCUT2D eigenvalue weighted by Gasteiger charge is -2.40. The van der Waals surface area contributed by atoms with Crippen LogP contribution in [0.5, 0.6) is 0 Å². The fraction of sp³-hybridized carbons (Fsp3) is 0.524. The highest BCUT2D eigenvalue weighted by Crippen LogP contribution is 2.60. The minimum absolute atomic E-state index is 0.521. The van der Waals surface area contributed by atoms with Crippen molar-refractivity contribution in [1.82, 2.24) is 10.2 Å². The van der Waals surface area contributed by atoms with Gasteiger partial charge in [0.1, 0.15) is 0 Å². The fourth-order valence-electron chi connectivity index (χ4n) is 4.99. The van der Waals surface area contributed by atoms with Gasteiger partial charge in [0.15, 0.2) is 0 Å². The van der Waals surface area contributed by atoms with Crippen LogP contribution >= 0.6 is 0 Å². The van der Waals surface area contributed by atoms with Crippen LogP contribution in [0.25, 0.3) is 0 Å². The molecule has 3 unspecified atom stereocenters. The van der Waals surface area contributed by atoms with E-state index in [1.54, 1.807) is 5.57 Å². The molecule has 2 aliphatic carbocycles. The number of piperidine rings is 1. The van der Waals surface area contributed by atoms with Gasteiger partial charge >= 0.3 is 0 Å². The third-order valence-electron chi connectivity index (χ3n) is 6.62. The summed E-state index contributed by atoms with van der Waals surface area (Å²) in [5.41, 5.74) is 3.51. The summed E-state index contributed by atoms with van der Waals surface area (Å²) in [6.07, 6.45) is 10.1. The van der Waals surface area contributed by atoms with Crippen molar-refractivity contribution in [3.8, 4) is 0 Å². The lowest BCUT2D eigenvalue weighted by atomic mass is 9.88. The summed E-state index contributed by atoms with van der Waals surface area (Å²) in [5.74, 6) is 0.916. The maximum absolute atomic E-state index is 3.56. The number of nitrogens with zero attached hydrogens (tertiary/aromatic N) is 2. The minimum Gasteiger partial charge on any atom is -0.369 e. The van der Waals surface area contributed by atoms with Crippen LogP contribution in [0.1, 0.15) is 12.8 Å². The predicted octanol–water partition coefficient (Wildman–Crippen LogP) is 2.67. The topological polar surface area (TPSA) is 18.5 Å². The molecule has 2 heterocycles. The van der Waals surface area contributed by atoms with Crippen molar-refractivity contribution in [1.29, 1.82) is 0 Å². The number of anilines is 1. The van der Waals surface area contributed by atoms with E-state index in [0.717, 1.165) is 19.0 Å². The minimum atomic E-state index is 0.521. The zero-order valence-electron chi connectivity index (χ0n) is 14.3. The molecule has 1 aromatic carbocycles. The molecule has 0 radical (unpaired) electrons. The second-order valence-corrected chi connectivity index (χ2v) is 7.87. The van der Waals surface area contributed by atoms with E-state index in [1.165, 1.54) is 44.7 Å². The second kappa shape index (κ2) is 5.75. The van der Waals surface area contributed by atoms with Crippen molar-refractivity contribution < 1.29 is 0 Å². The Morgan fingerprint density at radius 1 is 1.04 bits per heavy atom. The zero-order valence-corrected chi connectivity index (χ0v) is 14.3. The number of rotatable bonds is 3. The van der Waals surface area contributed by atoms with E-state index in [-0.39, 0.29) is 0 Å². The highest BCUT2D eigenvalue weighted by Gasteiger charge is 2.58. The summed E-state index contributed by atoms with van der Waals surface area (Å²) in [6.45, 7) is 7.05. The molecule has 3 heteroatoms. The molecule has 0 amide bonds. The van der Waals surface area contributed by atoms with Crippen molar-refractivity contribution in [2.45, 2.75) is 18.9 Å². The lowest BCUT2D eigenvalue weighted by Crippen LogP contribution is -2.50. The predicted molar refractivity (Wildman–Crippen MR) is 99.3 cm³/mol. The van der Waals surface area contributed by atoms with Crippen molar-refractivity contribution in [3.05, 3.63) is 54.1 Å². The van der Waals surface area contributed by atoms with Gasteiger partial charge in [0.05, 0.1) is 0 Å². The largest absolute Gasteiger partial charge is 0.369 e. The third-order valence-corrected chi connectivity index (χ3v) is 6.62. The summed E-state index contributed by atoms with van der Waals surface area (Å²) in [4.78, 5) is 5.18. The van der Waals surface area contributed by atoms with E-state index in [9.17, 15) is 0 Å². The van der Waals surface area contributed by atoms with E-state index in [2.05, 4.69) is 63.7 Å². The Balaban J connectivity index is 1.19. The van der Waals surface area contributed by atoms with Gasteiger partial charge in [-0.3, -0.25) is 4.90 Å². The van der Waals surface area contributed by atoms with Gasteiger partial charge in [-0.05, 0) is 43.0 Å². The Labute approximate surface area is 145 Å². The molecule has 3 atom stereocenters. The fourth-order valence-corrected chi connectivity index (χ4v) is 4.99. The lowest BCUT2D eigenvalue weighted by molar-refractivity contribution is 0.215. The number of para-hydroxylation sites is 1. The van der Waals surface area contributed by atoms with Gasteiger partial charge < -0.3 is 10.2 Å². The standard InChI is InChI=1S/C21H27N3/c1-2-4-19(5-3-1)23-10-12-24(13-11-23)20-8-6-17(7-9-20)21-14-18(21)15-22-16-21/h1-8,18,20,22H,9-16H2. The number of hydrogen-bond acceptors (Lipinski definition) is 3. The first-order chi connectivity index (χ1) is 11.9. The molecule has 3 fully saturated rings. The van der Waals surface area contributed by atoms with Crippen LogP contribution in [0, 0.1) is 11.3 Å². The molecule has 2 saturated heterocycles. The highest BCUT2D eigenvalue weighted by atomic mass is 15.3. The first-order valence-corrected chi connectivity index (χ1v) is 9.49. The molecule has 3 nitrogen and oxygen atoms in total. The smallest absolute Gasteiger partial charge is 0.0367 e. The van der Waals surface area contributed by atoms with Gasteiger partial charge in [-0.25, -0.2) is 0 Å². The molecule has 5 rings (SSSR count). The number of fused-ring (bicyclic) bond motifs is 1. The zero-order chi connectivity index (χ0) is 16.0. The maximum Gasteiger partial charge on any atom is 0.0367 e. The Hall–Kier alpha value is -1.58. The van der Waals surface area contributed by atoms with Crippen LogP contribution in [0.3, 0.4) is 0 Å². The van der Waals surface area contributed by atoms with E-state index in [0.29, 0.717) is 11.5 Å². The first-order valence-electron chi connectivity index (χ1n) is 9.49. The van der Waals surface area contributed by atoms with E-state index < -0.39 is 0 Å². The van der Waals surface area contributed by atoms with Crippen molar-refractivity contribution in [2.24, 2.45) is 11.3 Å². The SMILES string of the molecule is C1=CC(N2CCN(c3ccccc3)CC2)CC=C1C12CNCC1C2. The second-order valence-electron chi connectivity index (χ2n) is 7.87. The molecule has 1 N–H and O–H groups in total. The van der Waals surface area contributed by atoms with E-state index in [1.807, 2.05) is 0 Å². The van der Waals surface area contributed by atoms with Gasteiger partial charge in [0, 0.05) is 49.9 Å². The Bertz CT molecular complexity index is 657.